The number of fused-ring (bicyclic) bond motifs is 6. The Morgan fingerprint density at radius 1 is 0.489 bits per heavy atom. The number of hydrogen-bond acceptors (Lipinski definition) is 1. The summed E-state index contributed by atoms with van der Waals surface area (Å²) in [5.74, 6) is 0. The van der Waals surface area contributed by atoms with Crippen LogP contribution in [0.1, 0.15) is 42.4 Å². The van der Waals surface area contributed by atoms with Gasteiger partial charge in [0.05, 0.1) is 22.4 Å². The second-order valence-corrected chi connectivity index (χ2v) is 13.1. The maximum Gasteiger partial charge on any atom is 0.136 e. The molecule has 0 radical (unpaired) electrons. The molecule has 7 aromatic rings. The third kappa shape index (κ3) is 3.33. The van der Waals surface area contributed by atoms with E-state index in [1.165, 1.54) is 55.4 Å². The number of alkyl halides is 1. The lowest BCUT2D eigenvalue weighted by Gasteiger charge is -2.56. The van der Waals surface area contributed by atoms with E-state index in [-0.39, 0.29) is 5.41 Å². The quantitative estimate of drug-likeness (QED) is 0.201. The minimum atomic E-state index is -1.21. The third-order valence-electron chi connectivity index (χ3n) is 10.9. The molecule has 2 heterocycles. The van der Waals surface area contributed by atoms with Crippen LogP contribution < -0.4 is 4.90 Å². The molecule has 1 fully saturated rings. The zero-order valence-electron chi connectivity index (χ0n) is 24.9. The molecule has 0 amide bonds. The highest BCUT2D eigenvalue weighted by Crippen LogP contribution is 2.66. The van der Waals surface area contributed by atoms with E-state index in [0.717, 1.165) is 29.8 Å². The number of para-hydroxylation sites is 3. The predicted octanol–water partition coefficient (Wildman–Crippen LogP) is 11.3. The van der Waals surface area contributed by atoms with Crippen molar-refractivity contribution in [3.63, 3.8) is 0 Å². The first-order valence-electron chi connectivity index (χ1n) is 16.1. The lowest BCUT2D eigenvalue weighted by molar-refractivity contribution is 0.0545. The molecule has 1 spiro atoms. The molecule has 11 rings (SSSR count). The van der Waals surface area contributed by atoms with Crippen LogP contribution in [0.3, 0.4) is 0 Å². The van der Waals surface area contributed by atoms with Gasteiger partial charge in [-0.25, -0.2) is 4.39 Å². The Balaban J connectivity index is 1.10. The average molecular weight is 583 g/mol. The summed E-state index contributed by atoms with van der Waals surface area (Å²) in [5, 5.41) is 2.50. The fraction of sp³-hybridized carbons (Fsp3) is 0.143. The molecule has 6 aromatic carbocycles. The summed E-state index contributed by atoms with van der Waals surface area (Å²) in [5.41, 5.74) is 11.6. The molecule has 4 aliphatic rings. The second-order valence-electron chi connectivity index (χ2n) is 13.1. The number of rotatable bonds is 3. The summed E-state index contributed by atoms with van der Waals surface area (Å²) in [4.78, 5) is 2.37. The summed E-state index contributed by atoms with van der Waals surface area (Å²) in [6.07, 6.45) is 2.97. The molecule has 3 aliphatic carbocycles. The summed E-state index contributed by atoms with van der Waals surface area (Å²) in [6.45, 7) is 0. The van der Waals surface area contributed by atoms with Crippen molar-refractivity contribution in [3.8, 4) is 16.8 Å². The van der Waals surface area contributed by atoms with Crippen LogP contribution in [0.2, 0.25) is 0 Å². The van der Waals surface area contributed by atoms with Crippen molar-refractivity contribution in [2.75, 3.05) is 4.90 Å². The second kappa shape index (κ2) is 8.95. The fourth-order valence-electron chi connectivity index (χ4n) is 8.89. The molecule has 2 bridgehead atoms. The largest absolute Gasteiger partial charge is 0.310 e. The van der Waals surface area contributed by atoms with E-state index in [0.29, 0.717) is 12.8 Å². The molecular weight excluding hydrogens is 551 g/mol. The van der Waals surface area contributed by atoms with E-state index in [9.17, 15) is 0 Å². The van der Waals surface area contributed by atoms with Crippen LogP contribution in [-0.2, 0) is 11.1 Å². The fourth-order valence-corrected chi connectivity index (χ4v) is 8.89. The highest BCUT2D eigenvalue weighted by atomic mass is 19.1. The molecule has 0 unspecified atom stereocenters. The molecule has 45 heavy (non-hydrogen) atoms. The molecule has 0 saturated heterocycles. The van der Waals surface area contributed by atoms with Crippen molar-refractivity contribution < 1.29 is 4.39 Å². The van der Waals surface area contributed by atoms with Gasteiger partial charge in [0.15, 0.2) is 0 Å². The van der Waals surface area contributed by atoms with Crippen molar-refractivity contribution in [1.82, 2.24) is 4.57 Å². The normalized spacial score (nSPS) is 21.2. The summed E-state index contributed by atoms with van der Waals surface area (Å²) in [7, 11) is 0. The highest BCUT2D eigenvalue weighted by Gasteiger charge is 2.57. The smallest absolute Gasteiger partial charge is 0.136 e. The van der Waals surface area contributed by atoms with Crippen LogP contribution >= 0.6 is 0 Å². The van der Waals surface area contributed by atoms with Crippen molar-refractivity contribution >= 4 is 38.9 Å². The Bertz CT molecular complexity index is 2290. The highest BCUT2D eigenvalue weighted by molar-refractivity contribution is 6.10. The van der Waals surface area contributed by atoms with Gasteiger partial charge in [-0.15, -0.1) is 0 Å². The van der Waals surface area contributed by atoms with Gasteiger partial charge in [-0.3, -0.25) is 0 Å². The molecule has 0 atom stereocenters. The minimum absolute atomic E-state index is 0.0961. The first-order valence-corrected chi connectivity index (χ1v) is 16.1. The Labute approximate surface area is 262 Å². The van der Waals surface area contributed by atoms with Crippen molar-refractivity contribution in [2.45, 2.75) is 36.8 Å². The van der Waals surface area contributed by atoms with E-state index in [4.69, 9.17) is 0 Å². The predicted molar refractivity (Wildman–Crippen MR) is 183 cm³/mol. The van der Waals surface area contributed by atoms with E-state index in [2.05, 4.69) is 143 Å². The summed E-state index contributed by atoms with van der Waals surface area (Å²) >= 11 is 0. The van der Waals surface area contributed by atoms with Gasteiger partial charge in [0.2, 0.25) is 0 Å². The Kier molecular flexibility index (Phi) is 5.01. The van der Waals surface area contributed by atoms with Crippen LogP contribution in [0.15, 0.2) is 140 Å². The monoisotopic (exact) mass is 582 g/mol. The van der Waals surface area contributed by atoms with E-state index < -0.39 is 5.67 Å². The number of anilines is 3. The average Bonchev–Trinajstić information content (AvgIpc) is 3.44. The summed E-state index contributed by atoms with van der Waals surface area (Å²) < 4.78 is 18.6. The molecule has 216 valence electrons. The topological polar surface area (TPSA) is 8.17 Å². The lowest BCUT2D eigenvalue weighted by Crippen LogP contribution is -2.48. The van der Waals surface area contributed by atoms with Gasteiger partial charge < -0.3 is 9.47 Å². The first-order chi connectivity index (χ1) is 22.1. The van der Waals surface area contributed by atoms with Gasteiger partial charge in [-0.2, -0.15) is 0 Å². The molecule has 3 heteroatoms. The zero-order chi connectivity index (χ0) is 29.8. The Morgan fingerprint density at radius 3 is 2.00 bits per heavy atom. The lowest BCUT2D eigenvalue weighted by atomic mass is 9.52. The van der Waals surface area contributed by atoms with Crippen LogP contribution in [0.25, 0.3) is 38.6 Å². The standard InChI is InChI=1S/C42H31FN2/c43-42-25-23-41(24-26-42)34-12-5-7-15-38(34)45(39-16-8-13-35(42)40(39)41)31-20-17-28(18-21-31)29-19-22-37-33(27-29)32-11-4-6-14-36(32)44(37)30-9-2-1-3-10-30/h1-22,27H,23-26H2. The molecule has 1 saturated carbocycles. The number of halogens is 1. The number of benzene rings is 6. The van der Waals surface area contributed by atoms with Gasteiger partial charge in [-0.1, -0.05) is 84.9 Å². The zero-order valence-corrected chi connectivity index (χ0v) is 24.9. The van der Waals surface area contributed by atoms with E-state index in [1.807, 2.05) is 6.07 Å². The third-order valence-corrected chi connectivity index (χ3v) is 10.9. The van der Waals surface area contributed by atoms with Crippen LogP contribution in [0.4, 0.5) is 21.5 Å². The van der Waals surface area contributed by atoms with Crippen molar-refractivity contribution in [1.29, 1.82) is 0 Å². The van der Waals surface area contributed by atoms with Gasteiger partial charge in [0.1, 0.15) is 5.67 Å². The van der Waals surface area contributed by atoms with Crippen molar-refractivity contribution in [3.05, 3.63) is 156 Å². The van der Waals surface area contributed by atoms with Gasteiger partial charge >= 0.3 is 0 Å². The first kappa shape index (κ1) is 25.2. The van der Waals surface area contributed by atoms with E-state index in [1.54, 1.807) is 0 Å². The minimum Gasteiger partial charge on any atom is -0.310 e. The number of aromatic nitrogens is 1. The maximum atomic E-state index is 16.3. The van der Waals surface area contributed by atoms with Crippen LogP contribution in [0.5, 0.6) is 0 Å². The van der Waals surface area contributed by atoms with Gasteiger partial charge in [0.25, 0.3) is 0 Å². The summed E-state index contributed by atoms with van der Waals surface area (Å²) in [6, 6.07) is 50.1. The maximum absolute atomic E-state index is 16.3. The molecule has 1 aromatic heterocycles. The van der Waals surface area contributed by atoms with Crippen LogP contribution in [0, 0.1) is 0 Å². The molecule has 2 nitrogen and oxygen atoms in total. The van der Waals surface area contributed by atoms with Gasteiger partial charge in [-0.05, 0) is 108 Å². The Hall–Kier alpha value is -5.15. The van der Waals surface area contributed by atoms with Gasteiger partial charge in [0, 0.05) is 27.6 Å². The molecule has 1 aliphatic heterocycles. The number of nitrogens with zero attached hydrogens (tertiary/aromatic N) is 2. The Morgan fingerprint density at radius 2 is 1.16 bits per heavy atom. The van der Waals surface area contributed by atoms with Crippen molar-refractivity contribution in [2.24, 2.45) is 0 Å². The molecular formula is C42H31FN2. The van der Waals surface area contributed by atoms with Crippen LogP contribution in [-0.4, -0.2) is 4.57 Å². The van der Waals surface area contributed by atoms with E-state index >= 15 is 4.39 Å². The SMILES string of the molecule is FC12CCC3(CC1)c1ccccc1N(c1ccc(-c4ccc5c(c4)c4ccccc4n5-c4ccccc4)cc1)c1cccc2c13. The molecule has 0 N–H and O–H groups in total. The number of hydrogen-bond donors (Lipinski definition) is 0.